The van der Waals surface area contributed by atoms with Crippen molar-refractivity contribution in [2.45, 2.75) is 91.3 Å². The van der Waals surface area contributed by atoms with Crippen molar-refractivity contribution in [1.82, 2.24) is 10.6 Å². The minimum Gasteiger partial charge on any atom is -0.481 e. The number of primary amides is 2. The number of carbonyl (C=O) groups is 6. The quantitative estimate of drug-likeness (QED) is 0.111. The Morgan fingerprint density at radius 2 is 1.20 bits per heavy atom. The van der Waals surface area contributed by atoms with E-state index in [0.717, 1.165) is 0 Å². The lowest BCUT2D eigenvalue weighted by Gasteiger charge is -2.22. The number of nitrogens with one attached hydrogen (secondary N) is 3. The van der Waals surface area contributed by atoms with E-state index in [9.17, 15) is 28.8 Å². The lowest BCUT2D eigenvalue weighted by Crippen LogP contribution is -2.32. The van der Waals surface area contributed by atoms with Gasteiger partial charge in [0.15, 0.2) is 0 Å². The summed E-state index contributed by atoms with van der Waals surface area (Å²) in [7, 11) is 0. The van der Waals surface area contributed by atoms with Gasteiger partial charge in [0.2, 0.25) is 5.91 Å². The summed E-state index contributed by atoms with van der Waals surface area (Å²) in [5.74, 6) is -3.86. The van der Waals surface area contributed by atoms with Crippen molar-refractivity contribution in [3.63, 3.8) is 0 Å². The van der Waals surface area contributed by atoms with Gasteiger partial charge >= 0.3 is 30.0 Å². The number of esters is 2. The van der Waals surface area contributed by atoms with E-state index in [4.69, 9.17) is 49.2 Å². The van der Waals surface area contributed by atoms with Crippen LogP contribution in [-0.4, -0.2) is 65.3 Å². The van der Waals surface area contributed by atoms with Crippen molar-refractivity contribution in [2.24, 2.45) is 23.3 Å². The number of nitrogens with two attached hydrogens (primary N) is 2. The molecule has 0 aliphatic heterocycles. The maximum atomic E-state index is 12.6. The van der Waals surface area contributed by atoms with Gasteiger partial charge in [0.25, 0.3) is 0 Å². The molecule has 5 amide bonds. The molecule has 0 saturated heterocycles. The van der Waals surface area contributed by atoms with Crippen molar-refractivity contribution in [1.29, 1.82) is 0 Å². The highest BCUT2D eigenvalue weighted by atomic mass is 35.5. The molecule has 1 aromatic carbocycles. The van der Waals surface area contributed by atoms with Gasteiger partial charge in [0, 0.05) is 24.7 Å². The standard InChI is InChI=1S/C18H25Cl2N3O4.C12H22N2O5/c1-18(2,3)27-15(24)9-11(5-4-8-22-17(21)26)16(25)23-12-6-7-13(19)14(20)10-12;1-12(2,3)19-9(15)7-8(10(16)17)5-4-6-14-11(13)18/h6-7,10-11H,4-5,8-9H2,1-3H3,(H,23,25)(H3,21,22,26);8H,4-7H2,1-3H3,(H,16,17)(H3,13,14,18)/t11-;8-/m11/s1. The first kappa shape index (κ1) is 42.2. The largest absolute Gasteiger partial charge is 0.481 e. The molecule has 8 N–H and O–H groups in total. The second kappa shape index (κ2) is 20.4. The molecule has 0 unspecified atom stereocenters. The molecule has 0 radical (unpaired) electrons. The van der Waals surface area contributed by atoms with Crippen LogP contribution in [0.2, 0.25) is 10.0 Å². The predicted octanol–water partition coefficient (Wildman–Crippen LogP) is 4.60. The number of hydrogen-bond acceptors (Lipinski definition) is 8. The van der Waals surface area contributed by atoms with E-state index >= 15 is 0 Å². The third-order valence-corrected chi connectivity index (χ3v) is 6.37. The molecule has 0 aliphatic rings. The number of urea groups is 2. The third kappa shape index (κ3) is 21.8. The van der Waals surface area contributed by atoms with E-state index in [-0.39, 0.29) is 31.7 Å². The molecule has 0 saturated carbocycles. The third-order valence-electron chi connectivity index (χ3n) is 5.63. The molecule has 1 rings (SSSR count). The molecule has 0 spiro atoms. The van der Waals surface area contributed by atoms with Crippen LogP contribution in [0.5, 0.6) is 0 Å². The fourth-order valence-electron chi connectivity index (χ4n) is 3.75. The summed E-state index contributed by atoms with van der Waals surface area (Å²) in [6.07, 6.45) is 1.29. The number of ether oxygens (including phenoxy) is 2. The van der Waals surface area contributed by atoms with Gasteiger partial charge in [-0.3, -0.25) is 19.2 Å². The van der Waals surface area contributed by atoms with Gasteiger partial charge in [-0.2, -0.15) is 0 Å². The zero-order chi connectivity index (χ0) is 35.7. The minimum absolute atomic E-state index is 0.0823. The first-order valence-electron chi connectivity index (χ1n) is 14.6. The molecule has 0 aliphatic carbocycles. The smallest absolute Gasteiger partial charge is 0.312 e. The number of carboxylic acids is 1. The second-order valence-electron chi connectivity index (χ2n) is 12.3. The van der Waals surface area contributed by atoms with Crippen molar-refractivity contribution in [3.8, 4) is 0 Å². The second-order valence-corrected chi connectivity index (χ2v) is 13.1. The summed E-state index contributed by atoms with van der Waals surface area (Å²) in [5.41, 5.74) is 9.10. The number of benzene rings is 1. The normalized spacial score (nSPS) is 12.3. The molecular weight excluding hydrogens is 645 g/mol. The molecule has 2 atom stereocenters. The van der Waals surface area contributed by atoms with E-state index in [1.807, 2.05) is 0 Å². The Morgan fingerprint density at radius 3 is 1.59 bits per heavy atom. The van der Waals surface area contributed by atoms with Crippen LogP contribution in [-0.2, 0) is 28.7 Å². The number of rotatable bonds is 15. The molecule has 46 heavy (non-hydrogen) atoms. The Morgan fingerprint density at radius 1 is 0.761 bits per heavy atom. The highest BCUT2D eigenvalue weighted by Gasteiger charge is 2.26. The zero-order valence-electron chi connectivity index (χ0n) is 27.2. The SMILES string of the molecule is CC(C)(C)OC(=O)C[C@@H](CCCNC(N)=O)C(=O)Nc1ccc(Cl)c(Cl)c1.CC(C)(C)OC(=O)C[C@@H](CCCNC(N)=O)C(=O)O. The molecule has 14 nitrogen and oxygen atoms in total. The summed E-state index contributed by atoms with van der Waals surface area (Å²) in [4.78, 5) is 68.5. The maximum Gasteiger partial charge on any atom is 0.312 e. The van der Waals surface area contributed by atoms with Crippen LogP contribution >= 0.6 is 23.2 Å². The predicted molar refractivity (Wildman–Crippen MR) is 174 cm³/mol. The Kier molecular flexibility index (Phi) is 18.7. The van der Waals surface area contributed by atoms with E-state index < -0.39 is 53.0 Å². The Labute approximate surface area is 279 Å². The number of hydrogen-bond donors (Lipinski definition) is 6. The number of carboxylic acid groups (broad SMARTS) is 1. The van der Waals surface area contributed by atoms with Gasteiger partial charge in [-0.05, 0) is 85.4 Å². The topological polar surface area (TPSA) is 229 Å². The first-order valence-corrected chi connectivity index (χ1v) is 15.3. The molecule has 0 bridgehead atoms. The van der Waals surface area contributed by atoms with Crippen molar-refractivity contribution in [2.75, 3.05) is 18.4 Å². The molecule has 260 valence electrons. The zero-order valence-corrected chi connectivity index (χ0v) is 28.7. The van der Waals surface area contributed by atoms with Gasteiger partial charge in [-0.25, -0.2) is 9.59 Å². The fraction of sp³-hybridized carbons (Fsp3) is 0.600. The van der Waals surface area contributed by atoms with Gasteiger partial charge in [-0.15, -0.1) is 0 Å². The molecule has 16 heteroatoms. The number of aliphatic carboxylic acids is 1. The first-order chi connectivity index (χ1) is 21.1. The maximum absolute atomic E-state index is 12.6. The molecule has 0 heterocycles. The lowest BCUT2D eigenvalue weighted by atomic mass is 9.98. The lowest BCUT2D eigenvalue weighted by molar-refractivity contribution is -0.160. The van der Waals surface area contributed by atoms with Crippen LogP contribution in [0.1, 0.15) is 80.1 Å². The van der Waals surface area contributed by atoms with Crippen molar-refractivity contribution < 1.29 is 43.3 Å². The summed E-state index contributed by atoms with van der Waals surface area (Å²) < 4.78 is 10.4. The van der Waals surface area contributed by atoms with E-state index in [1.54, 1.807) is 53.7 Å². The van der Waals surface area contributed by atoms with Crippen molar-refractivity contribution in [3.05, 3.63) is 28.2 Å². The van der Waals surface area contributed by atoms with Crippen LogP contribution in [0.15, 0.2) is 18.2 Å². The van der Waals surface area contributed by atoms with Crippen LogP contribution < -0.4 is 27.4 Å². The molecule has 0 fully saturated rings. The Hall–Kier alpha value is -3.78. The van der Waals surface area contributed by atoms with E-state index in [1.165, 1.54) is 6.07 Å². The van der Waals surface area contributed by atoms with Crippen molar-refractivity contribution >= 4 is 64.8 Å². The number of anilines is 1. The van der Waals surface area contributed by atoms with Gasteiger partial charge in [0.05, 0.1) is 28.8 Å². The fourth-order valence-corrected chi connectivity index (χ4v) is 4.04. The summed E-state index contributed by atoms with van der Waals surface area (Å²) >= 11 is 11.8. The van der Waals surface area contributed by atoms with Crippen LogP contribution in [0, 0.1) is 11.8 Å². The monoisotopic (exact) mass is 691 g/mol. The van der Waals surface area contributed by atoms with Crippen LogP contribution in [0.3, 0.4) is 0 Å². The number of carbonyl (C=O) groups excluding carboxylic acids is 5. The van der Waals surface area contributed by atoms with Gasteiger partial charge < -0.3 is 42.0 Å². The average Bonchev–Trinajstić information content (AvgIpc) is 2.87. The minimum atomic E-state index is -1.05. The van der Waals surface area contributed by atoms with Crippen LogP contribution in [0.4, 0.5) is 15.3 Å². The number of amides is 5. The van der Waals surface area contributed by atoms with E-state index in [2.05, 4.69) is 16.0 Å². The van der Waals surface area contributed by atoms with Gasteiger partial charge in [0.1, 0.15) is 11.2 Å². The van der Waals surface area contributed by atoms with Gasteiger partial charge in [-0.1, -0.05) is 23.2 Å². The summed E-state index contributed by atoms with van der Waals surface area (Å²) in [6.45, 7) is 11.0. The summed E-state index contributed by atoms with van der Waals surface area (Å²) in [5, 5.41) is 17.2. The molecule has 1 aromatic rings. The Bertz CT molecular complexity index is 1200. The van der Waals surface area contributed by atoms with E-state index in [0.29, 0.717) is 41.5 Å². The average molecular weight is 693 g/mol. The highest BCUT2D eigenvalue weighted by Crippen LogP contribution is 2.26. The molecule has 0 aromatic heterocycles. The highest BCUT2D eigenvalue weighted by molar-refractivity contribution is 6.42. The number of halogens is 2. The Balaban J connectivity index is 0.000000939. The molecular formula is C30H47Cl2N5O9. The summed E-state index contributed by atoms with van der Waals surface area (Å²) in [6, 6.07) is 3.42. The van der Waals surface area contributed by atoms with Crippen LogP contribution in [0.25, 0.3) is 0 Å².